The molecule has 22 heavy (non-hydrogen) atoms. The van der Waals surface area contributed by atoms with Gasteiger partial charge in [-0.1, -0.05) is 5.11 Å². The topological polar surface area (TPSA) is 81.9 Å². The van der Waals surface area contributed by atoms with Gasteiger partial charge >= 0.3 is 0 Å². The molecule has 8 heteroatoms. The van der Waals surface area contributed by atoms with Gasteiger partial charge in [0.25, 0.3) is 0 Å². The Hall–Kier alpha value is -2.02. The minimum atomic E-state index is -1.96. The van der Waals surface area contributed by atoms with Crippen LogP contribution in [0.3, 0.4) is 0 Å². The fourth-order valence-electron chi connectivity index (χ4n) is 2.17. The summed E-state index contributed by atoms with van der Waals surface area (Å²) in [5.41, 5.74) is 6.85. The predicted molar refractivity (Wildman–Crippen MR) is 79.8 cm³/mol. The number of azide groups is 1. The standard InChI is InChI=1S/C14H11BrF2N4O/c1-14(22,11-5-10(16)2-3-12(11)17)13(20-21-18)8-4-9(15)7-19-6-8/h2-7,13,22H,1H3/t13-,14+/m1/s1. The van der Waals surface area contributed by atoms with Crippen LogP contribution in [0, 0.1) is 11.6 Å². The monoisotopic (exact) mass is 368 g/mol. The van der Waals surface area contributed by atoms with E-state index in [0.29, 0.717) is 10.0 Å². The lowest BCUT2D eigenvalue weighted by Crippen LogP contribution is -2.30. The van der Waals surface area contributed by atoms with Gasteiger partial charge in [-0.25, -0.2) is 8.78 Å². The molecular weight excluding hydrogens is 358 g/mol. The maximum absolute atomic E-state index is 14.0. The Kier molecular flexibility index (Phi) is 4.75. The van der Waals surface area contributed by atoms with Crippen LogP contribution in [0.15, 0.2) is 46.2 Å². The molecule has 2 aromatic rings. The van der Waals surface area contributed by atoms with E-state index in [1.165, 1.54) is 19.3 Å². The number of hydrogen-bond donors (Lipinski definition) is 1. The van der Waals surface area contributed by atoms with E-state index >= 15 is 0 Å². The van der Waals surface area contributed by atoms with Crippen molar-refractivity contribution in [3.8, 4) is 0 Å². The largest absolute Gasteiger partial charge is 0.385 e. The van der Waals surface area contributed by atoms with E-state index in [2.05, 4.69) is 30.9 Å². The number of nitrogens with zero attached hydrogens (tertiary/aromatic N) is 4. The lowest BCUT2D eigenvalue weighted by Gasteiger charge is -2.30. The Bertz CT molecular complexity index is 747. The average molecular weight is 369 g/mol. The molecule has 0 unspecified atom stereocenters. The minimum Gasteiger partial charge on any atom is -0.385 e. The van der Waals surface area contributed by atoms with Gasteiger partial charge in [0.1, 0.15) is 17.2 Å². The van der Waals surface area contributed by atoms with Gasteiger partial charge < -0.3 is 5.11 Å². The van der Waals surface area contributed by atoms with Crippen LogP contribution in [-0.4, -0.2) is 10.1 Å². The van der Waals surface area contributed by atoms with Gasteiger partial charge in [0.2, 0.25) is 0 Å². The molecule has 1 aromatic heterocycles. The van der Waals surface area contributed by atoms with Crippen molar-refractivity contribution in [3.05, 3.63) is 74.3 Å². The highest BCUT2D eigenvalue weighted by molar-refractivity contribution is 9.10. The summed E-state index contributed by atoms with van der Waals surface area (Å²) in [5.74, 6) is -1.50. The number of aromatic nitrogens is 1. The highest BCUT2D eigenvalue weighted by atomic mass is 79.9. The van der Waals surface area contributed by atoms with E-state index in [1.807, 2.05) is 0 Å². The Morgan fingerprint density at radius 2 is 2.09 bits per heavy atom. The maximum Gasteiger partial charge on any atom is 0.129 e. The number of benzene rings is 1. The normalized spacial score (nSPS) is 14.8. The van der Waals surface area contributed by atoms with E-state index in [0.717, 1.165) is 18.2 Å². The molecule has 0 aliphatic heterocycles. The summed E-state index contributed by atoms with van der Waals surface area (Å²) in [7, 11) is 0. The third-order valence-electron chi connectivity index (χ3n) is 3.22. The molecule has 2 atom stereocenters. The smallest absolute Gasteiger partial charge is 0.129 e. The summed E-state index contributed by atoms with van der Waals surface area (Å²) in [5, 5.41) is 14.2. The van der Waals surface area contributed by atoms with E-state index in [9.17, 15) is 13.9 Å². The SMILES string of the molecule is C[C@](O)(c1cc(F)ccc1F)[C@H](N=[N+]=[N-])c1cncc(Br)c1. The number of pyridine rings is 1. The molecular formula is C14H11BrF2N4O. The lowest BCUT2D eigenvalue weighted by atomic mass is 9.84. The van der Waals surface area contributed by atoms with E-state index in [-0.39, 0.29) is 5.56 Å². The third-order valence-corrected chi connectivity index (χ3v) is 3.65. The molecule has 0 saturated carbocycles. The summed E-state index contributed by atoms with van der Waals surface area (Å²) in [4.78, 5) is 6.62. The highest BCUT2D eigenvalue weighted by Gasteiger charge is 2.37. The van der Waals surface area contributed by atoms with E-state index in [4.69, 9.17) is 5.53 Å². The van der Waals surface area contributed by atoms with Gasteiger partial charge in [0.05, 0.1) is 6.04 Å². The molecule has 0 amide bonds. The molecule has 0 aliphatic carbocycles. The first-order valence-corrected chi connectivity index (χ1v) is 6.98. The van der Waals surface area contributed by atoms with Crippen LogP contribution in [0.5, 0.6) is 0 Å². The summed E-state index contributed by atoms with van der Waals surface area (Å²) in [6.07, 6.45) is 2.89. The van der Waals surface area contributed by atoms with Crippen molar-refractivity contribution in [3.63, 3.8) is 0 Å². The molecule has 1 aromatic carbocycles. The van der Waals surface area contributed by atoms with Crippen LogP contribution in [-0.2, 0) is 5.60 Å². The minimum absolute atomic E-state index is 0.301. The van der Waals surface area contributed by atoms with Crippen LogP contribution < -0.4 is 0 Å². The first kappa shape index (κ1) is 16.4. The molecule has 1 N–H and O–H groups in total. The Labute approximate surface area is 133 Å². The Balaban J connectivity index is 2.60. The van der Waals surface area contributed by atoms with Crippen molar-refractivity contribution >= 4 is 15.9 Å². The van der Waals surface area contributed by atoms with Gasteiger partial charge in [-0.15, -0.1) is 0 Å². The highest BCUT2D eigenvalue weighted by Crippen LogP contribution is 2.39. The molecule has 0 bridgehead atoms. The summed E-state index contributed by atoms with van der Waals surface area (Å²) in [6.45, 7) is 1.26. The number of hydrogen-bond acceptors (Lipinski definition) is 3. The van der Waals surface area contributed by atoms with E-state index in [1.54, 1.807) is 6.07 Å². The Morgan fingerprint density at radius 3 is 2.73 bits per heavy atom. The summed E-state index contributed by atoms with van der Waals surface area (Å²) >= 11 is 3.22. The molecule has 1 heterocycles. The van der Waals surface area contributed by atoms with Gasteiger partial charge in [-0.2, -0.15) is 0 Å². The second kappa shape index (κ2) is 6.39. The van der Waals surface area contributed by atoms with Gasteiger partial charge in [0.15, 0.2) is 0 Å². The number of rotatable bonds is 4. The Morgan fingerprint density at radius 1 is 1.36 bits per heavy atom. The molecule has 2 rings (SSSR count). The van der Waals surface area contributed by atoms with Crippen molar-refractivity contribution < 1.29 is 13.9 Å². The first-order chi connectivity index (χ1) is 10.4. The van der Waals surface area contributed by atoms with Crippen molar-refractivity contribution in [1.29, 1.82) is 0 Å². The quantitative estimate of drug-likeness (QED) is 0.493. The lowest BCUT2D eigenvalue weighted by molar-refractivity contribution is 0.0245. The van der Waals surface area contributed by atoms with Crippen molar-refractivity contribution in [2.24, 2.45) is 5.11 Å². The molecule has 114 valence electrons. The summed E-state index contributed by atoms with van der Waals surface area (Å²) < 4.78 is 28.0. The fourth-order valence-corrected chi connectivity index (χ4v) is 2.55. The van der Waals surface area contributed by atoms with Gasteiger partial charge in [-0.3, -0.25) is 4.98 Å². The number of aliphatic hydroxyl groups is 1. The molecule has 0 radical (unpaired) electrons. The zero-order valence-corrected chi connectivity index (χ0v) is 13.0. The van der Waals surface area contributed by atoms with Crippen molar-refractivity contribution in [2.45, 2.75) is 18.6 Å². The van der Waals surface area contributed by atoms with Crippen LogP contribution in [0.1, 0.15) is 24.1 Å². The molecule has 0 aliphatic rings. The molecule has 0 saturated heterocycles. The van der Waals surface area contributed by atoms with Crippen LogP contribution in [0.2, 0.25) is 0 Å². The van der Waals surface area contributed by atoms with Gasteiger partial charge in [0, 0.05) is 27.3 Å². The zero-order valence-electron chi connectivity index (χ0n) is 11.4. The van der Waals surface area contributed by atoms with Crippen LogP contribution >= 0.6 is 15.9 Å². The fraction of sp³-hybridized carbons (Fsp3) is 0.214. The second-order valence-corrected chi connectivity index (χ2v) is 5.73. The third kappa shape index (κ3) is 3.24. The van der Waals surface area contributed by atoms with Crippen LogP contribution in [0.25, 0.3) is 10.4 Å². The van der Waals surface area contributed by atoms with Crippen molar-refractivity contribution in [2.75, 3.05) is 0 Å². The zero-order chi connectivity index (χ0) is 16.3. The second-order valence-electron chi connectivity index (χ2n) is 4.82. The molecule has 5 nitrogen and oxygen atoms in total. The average Bonchev–Trinajstić information content (AvgIpc) is 2.47. The van der Waals surface area contributed by atoms with Gasteiger partial charge in [-0.05, 0) is 58.2 Å². The summed E-state index contributed by atoms with van der Waals surface area (Å²) in [6, 6.07) is 3.13. The maximum atomic E-state index is 14.0. The predicted octanol–water partition coefficient (Wildman–Crippen LogP) is 4.38. The number of halogens is 3. The van der Waals surface area contributed by atoms with Crippen LogP contribution in [0.4, 0.5) is 8.78 Å². The van der Waals surface area contributed by atoms with Crippen molar-refractivity contribution in [1.82, 2.24) is 4.98 Å². The molecule has 0 spiro atoms. The van der Waals surface area contributed by atoms with E-state index < -0.39 is 23.3 Å². The first-order valence-electron chi connectivity index (χ1n) is 6.19. The molecule has 0 fully saturated rings.